The Hall–Kier alpha value is -1.16. The van der Waals surface area contributed by atoms with Gasteiger partial charge in [0.2, 0.25) is 0 Å². The van der Waals surface area contributed by atoms with Crippen molar-refractivity contribution in [2.45, 2.75) is 19.4 Å². The van der Waals surface area contributed by atoms with Crippen molar-refractivity contribution in [1.29, 1.82) is 0 Å². The van der Waals surface area contributed by atoms with Gasteiger partial charge in [-0.3, -0.25) is 0 Å². The van der Waals surface area contributed by atoms with Crippen molar-refractivity contribution in [3.63, 3.8) is 0 Å². The smallest absolute Gasteiger partial charge is 0.257 e. The van der Waals surface area contributed by atoms with Gasteiger partial charge in [0, 0.05) is 5.56 Å². The zero-order valence-corrected chi connectivity index (χ0v) is 9.05. The van der Waals surface area contributed by atoms with E-state index in [9.17, 15) is 8.78 Å². The number of nitrogens with one attached hydrogen (secondary N) is 1. The highest BCUT2D eigenvalue weighted by Gasteiger charge is 2.23. The molecule has 1 N–H and O–H groups in total. The first-order valence-electron chi connectivity index (χ1n) is 4.70. The van der Waals surface area contributed by atoms with E-state index in [-0.39, 0.29) is 0 Å². The second kappa shape index (κ2) is 5.07. The highest BCUT2D eigenvalue weighted by molar-refractivity contribution is 5.39. The van der Waals surface area contributed by atoms with Crippen molar-refractivity contribution in [3.05, 3.63) is 29.3 Å². The second-order valence-electron chi connectivity index (χ2n) is 3.35. The molecule has 0 heterocycles. The van der Waals surface area contributed by atoms with Gasteiger partial charge in [0.05, 0.1) is 13.2 Å². The Kier molecular flexibility index (Phi) is 4.03. The van der Waals surface area contributed by atoms with E-state index in [4.69, 9.17) is 4.74 Å². The molecule has 84 valence electrons. The monoisotopic (exact) mass is 215 g/mol. The zero-order chi connectivity index (χ0) is 11.4. The predicted molar refractivity (Wildman–Crippen MR) is 55.5 cm³/mol. The number of halogens is 2. The highest BCUT2D eigenvalue weighted by Crippen LogP contribution is 2.29. The van der Waals surface area contributed by atoms with Crippen molar-refractivity contribution in [1.82, 2.24) is 5.32 Å². The number of ether oxygens (including phenoxy) is 1. The Morgan fingerprint density at radius 2 is 2.00 bits per heavy atom. The Bertz CT molecular complexity index is 328. The van der Waals surface area contributed by atoms with E-state index in [1.807, 2.05) is 13.0 Å². The van der Waals surface area contributed by atoms with Crippen LogP contribution < -0.4 is 10.1 Å². The lowest BCUT2D eigenvalue weighted by Crippen LogP contribution is -2.24. The standard InChI is InChI=1S/C11H15F2NO/c1-7-4-5-9(15-3)8(6-7)10(14-2)11(12)13/h4-6,10-11,14H,1-3H3. The quantitative estimate of drug-likeness (QED) is 0.833. The summed E-state index contributed by atoms with van der Waals surface area (Å²) in [6, 6.07) is 4.27. The summed E-state index contributed by atoms with van der Waals surface area (Å²) in [7, 11) is 2.99. The summed E-state index contributed by atoms with van der Waals surface area (Å²) in [5, 5.41) is 2.59. The topological polar surface area (TPSA) is 21.3 Å². The van der Waals surface area contributed by atoms with E-state index in [0.29, 0.717) is 11.3 Å². The Morgan fingerprint density at radius 3 is 2.47 bits per heavy atom. The van der Waals surface area contributed by atoms with Crippen molar-refractivity contribution in [2.75, 3.05) is 14.2 Å². The normalized spacial score (nSPS) is 12.9. The van der Waals surface area contributed by atoms with Gasteiger partial charge >= 0.3 is 0 Å². The molecule has 0 amide bonds. The van der Waals surface area contributed by atoms with Crippen LogP contribution in [0.2, 0.25) is 0 Å². The van der Waals surface area contributed by atoms with Gasteiger partial charge in [0.1, 0.15) is 5.75 Å². The molecule has 1 aromatic carbocycles. The summed E-state index contributed by atoms with van der Waals surface area (Å²) in [6.45, 7) is 1.86. The van der Waals surface area contributed by atoms with Crippen LogP contribution >= 0.6 is 0 Å². The van der Waals surface area contributed by atoms with E-state index < -0.39 is 12.5 Å². The van der Waals surface area contributed by atoms with Gasteiger partial charge < -0.3 is 10.1 Å². The second-order valence-corrected chi connectivity index (χ2v) is 3.35. The predicted octanol–water partition coefficient (Wildman–Crippen LogP) is 2.53. The van der Waals surface area contributed by atoms with E-state index in [0.717, 1.165) is 5.56 Å². The molecular weight excluding hydrogens is 200 g/mol. The van der Waals surface area contributed by atoms with E-state index in [2.05, 4.69) is 5.32 Å². The van der Waals surface area contributed by atoms with Gasteiger partial charge in [-0.2, -0.15) is 0 Å². The van der Waals surface area contributed by atoms with Crippen molar-refractivity contribution < 1.29 is 13.5 Å². The molecule has 1 rings (SSSR count). The van der Waals surface area contributed by atoms with Crippen LogP contribution in [0, 0.1) is 6.92 Å². The molecule has 0 fully saturated rings. The first-order valence-corrected chi connectivity index (χ1v) is 4.70. The zero-order valence-electron chi connectivity index (χ0n) is 9.05. The molecule has 15 heavy (non-hydrogen) atoms. The van der Waals surface area contributed by atoms with Gasteiger partial charge in [0.15, 0.2) is 0 Å². The number of rotatable bonds is 4. The third-order valence-corrected chi connectivity index (χ3v) is 2.28. The van der Waals surface area contributed by atoms with Gasteiger partial charge in [-0.15, -0.1) is 0 Å². The molecule has 2 nitrogen and oxygen atoms in total. The first kappa shape index (κ1) is 11.9. The maximum Gasteiger partial charge on any atom is 0.257 e. The number of benzene rings is 1. The summed E-state index contributed by atoms with van der Waals surface area (Å²) in [6.07, 6.45) is -2.45. The maximum atomic E-state index is 12.7. The lowest BCUT2D eigenvalue weighted by atomic mass is 10.0. The molecule has 4 heteroatoms. The minimum absolute atomic E-state index is 0.486. The molecule has 0 saturated carbocycles. The minimum Gasteiger partial charge on any atom is -0.496 e. The Labute approximate surface area is 88.3 Å². The number of aryl methyl sites for hydroxylation is 1. The Balaban J connectivity index is 3.13. The molecule has 0 radical (unpaired) electrons. The van der Waals surface area contributed by atoms with Crippen LogP contribution in [0.4, 0.5) is 8.78 Å². The molecule has 0 aliphatic heterocycles. The van der Waals surface area contributed by atoms with E-state index in [1.54, 1.807) is 12.1 Å². The minimum atomic E-state index is -2.45. The molecule has 0 saturated heterocycles. The van der Waals surface area contributed by atoms with E-state index in [1.165, 1.54) is 14.2 Å². The fraction of sp³-hybridized carbons (Fsp3) is 0.455. The molecule has 0 spiro atoms. The molecule has 0 bridgehead atoms. The van der Waals surface area contributed by atoms with Crippen LogP contribution in [0.3, 0.4) is 0 Å². The molecule has 1 unspecified atom stereocenters. The summed E-state index contributed by atoms with van der Waals surface area (Å²) >= 11 is 0. The summed E-state index contributed by atoms with van der Waals surface area (Å²) < 4.78 is 30.5. The van der Waals surface area contributed by atoms with Gasteiger partial charge in [-0.05, 0) is 20.0 Å². The van der Waals surface area contributed by atoms with Crippen LogP contribution in [0.15, 0.2) is 18.2 Å². The number of hydrogen-bond donors (Lipinski definition) is 1. The fourth-order valence-corrected chi connectivity index (χ4v) is 1.51. The third kappa shape index (κ3) is 2.65. The number of alkyl halides is 2. The Morgan fingerprint density at radius 1 is 1.33 bits per heavy atom. The van der Waals surface area contributed by atoms with Crippen molar-refractivity contribution in [2.24, 2.45) is 0 Å². The van der Waals surface area contributed by atoms with Crippen LogP contribution in [0.1, 0.15) is 17.2 Å². The summed E-state index contributed by atoms with van der Waals surface area (Å²) in [5.74, 6) is 0.486. The average molecular weight is 215 g/mol. The number of methoxy groups -OCH3 is 1. The molecule has 0 aromatic heterocycles. The lowest BCUT2D eigenvalue weighted by Gasteiger charge is -2.18. The fourth-order valence-electron chi connectivity index (χ4n) is 1.51. The summed E-state index contributed by atoms with van der Waals surface area (Å²) in [5.41, 5.74) is 1.43. The lowest BCUT2D eigenvalue weighted by molar-refractivity contribution is 0.101. The van der Waals surface area contributed by atoms with Crippen LogP contribution in [0.5, 0.6) is 5.75 Å². The third-order valence-electron chi connectivity index (χ3n) is 2.28. The summed E-state index contributed by atoms with van der Waals surface area (Å²) in [4.78, 5) is 0. The van der Waals surface area contributed by atoms with Gasteiger partial charge in [0.25, 0.3) is 6.43 Å². The van der Waals surface area contributed by atoms with Crippen LogP contribution in [-0.4, -0.2) is 20.6 Å². The average Bonchev–Trinajstić information content (AvgIpc) is 2.18. The van der Waals surface area contributed by atoms with Gasteiger partial charge in [-0.1, -0.05) is 17.7 Å². The molecule has 1 atom stereocenters. The maximum absolute atomic E-state index is 12.7. The first-order chi connectivity index (χ1) is 7.10. The van der Waals surface area contributed by atoms with Crippen molar-refractivity contribution in [3.8, 4) is 5.75 Å². The molecule has 1 aromatic rings. The molecule has 0 aliphatic rings. The largest absolute Gasteiger partial charge is 0.496 e. The van der Waals surface area contributed by atoms with E-state index >= 15 is 0 Å². The SMILES string of the molecule is CNC(c1cc(C)ccc1OC)C(F)F. The molecular formula is C11H15F2NO. The van der Waals surface area contributed by atoms with Crippen LogP contribution in [-0.2, 0) is 0 Å². The number of hydrogen-bond acceptors (Lipinski definition) is 2. The molecule has 0 aliphatic carbocycles. The van der Waals surface area contributed by atoms with Crippen molar-refractivity contribution >= 4 is 0 Å². The highest BCUT2D eigenvalue weighted by atomic mass is 19.3. The van der Waals surface area contributed by atoms with Gasteiger partial charge in [-0.25, -0.2) is 8.78 Å². The van der Waals surface area contributed by atoms with Crippen LogP contribution in [0.25, 0.3) is 0 Å².